The first-order valence-corrected chi connectivity index (χ1v) is 24.0. The predicted molar refractivity (Wildman–Crippen MR) is 241 cm³/mol. The van der Waals surface area contributed by atoms with Crippen LogP contribution in [0.1, 0.15) is 123 Å². The van der Waals surface area contributed by atoms with Crippen molar-refractivity contribution in [3.05, 3.63) is 104 Å². The quantitative estimate of drug-likeness (QED) is 0.0789. The molecule has 0 atom stereocenters. The van der Waals surface area contributed by atoms with Gasteiger partial charge in [0, 0.05) is 17.1 Å². The van der Waals surface area contributed by atoms with Gasteiger partial charge in [0.2, 0.25) is 6.35 Å². The molecule has 68 heavy (non-hydrogen) atoms. The molecule has 3 aromatic rings. The Morgan fingerprint density at radius 3 is 0.912 bits per heavy atom. The van der Waals surface area contributed by atoms with Crippen molar-refractivity contribution in [1.82, 2.24) is 0 Å². The monoisotopic (exact) mass is 1070 g/mol. The Kier molecular flexibility index (Phi) is 19.1. The first kappa shape index (κ1) is 61.0. The van der Waals surface area contributed by atoms with Gasteiger partial charge in [-0.15, -0.1) is 0 Å². The average Bonchev–Trinajstić information content (AvgIpc) is 3.21. The molecule has 1 aliphatic rings. The molecular weight excluding hydrogens is 1010 g/mol. The van der Waals surface area contributed by atoms with Crippen LogP contribution in [0.25, 0.3) is 5.32 Å². The summed E-state index contributed by atoms with van der Waals surface area (Å²) in [6.45, 7) is 35.0. The van der Waals surface area contributed by atoms with E-state index in [4.69, 9.17) is 14.8 Å². The van der Waals surface area contributed by atoms with Crippen LogP contribution in [0, 0.1) is 92.7 Å². The Balaban J connectivity index is 0.000000462. The zero-order valence-corrected chi connectivity index (χ0v) is 43.0. The van der Waals surface area contributed by atoms with Gasteiger partial charge in [0.1, 0.15) is 34.9 Å². The van der Waals surface area contributed by atoms with E-state index in [1.54, 1.807) is 0 Å². The van der Waals surface area contributed by atoms with Crippen molar-refractivity contribution in [2.45, 2.75) is 144 Å². The summed E-state index contributed by atoms with van der Waals surface area (Å²) in [5.41, 5.74) is -8.00. The maximum atomic E-state index is 14.5. The Labute approximate surface area is 399 Å². The first-order valence-electron chi connectivity index (χ1n) is 21.1. The van der Waals surface area contributed by atoms with Crippen LogP contribution in [0.15, 0.2) is 21.2 Å². The summed E-state index contributed by atoms with van der Waals surface area (Å²) in [5.74, 6) is -45.9. The summed E-state index contributed by atoms with van der Waals surface area (Å²) < 4.78 is 221. The van der Waals surface area contributed by atoms with Gasteiger partial charge in [-0.25, -0.2) is 75.4 Å². The van der Waals surface area contributed by atoms with Gasteiger partial charge < -0.3 is 10.3 Å². The summed E-state index contributed by atoms with van der Waals surface area (Å²) >= 11 is 0. The van der Waals surface area contributed by atoms with Gasteiger partial charge in [-0.1, -0.05) is 43.2 Å². The summed E-state index contributed by atoms with van der Waals surface area (Å²) in [5, 5.41) is 16.8. The molecule has 0 aromatic heterocycles. The molecular formula is C45H55BF15N3NiOP2+2. The van der Waals surface area contributed by atoms with Crippen molar-refractivity contribution in [3.63, 3.8) is 0 Å². The van der Waals surface area contributed by atoms with E-state index >= 15 is 0 Å². The molecule has 0 bridgehead atoms. The van der Waals surface area contributed by atoms with Crippen molar-refractivity contribution < 1.29 is 87.4 Å². The topological polar surface area (TPSA) is 59.0 Å². The average molecular weight is 1070 g/mol. The molecule has 0 aliphatic carbocycles. The van der Waals surface area contributed by atoms with E-state index in [2.05, 4.69) is 110 Å². The van der Waals surface area contributed by atoms with Gasteiger partial charge >= 0.3 is 16.5 Å². The number of halogens is 15. The van der Waals surface area contributed by atoms with E-state index in [0.29, 0.717) is 0 Å². The van der Waals surface area contributed by atoms with Crippen molar-refractivity contribution >= 4 is 50.6 Å². The largest absolute Gasteiger partial charge is 2.00 e. The van der Waals surface area contributed by atoms with E-state index in [1.807, 2.05) is 0 Å². The molecule has 1 N–H and O–H groups in total. The normalized spacial score (nSPS) is 16.0. The second kappa shape index (κ2) is 21.3. The van der Waals surface area contributed by atoms with Crippen molar-refractivity contribution in [1.29, 1.82) is 0 Å². The molecule has 1 aliphatic heterocycles. The second-order valence-corrected chi connectivity index (χ2v) is 28.2. The third-order valence-electron chi connectivity index (χ3n) is 11.3. The van der Waals surface area contributed by atoms with E-state index < -0.39 is 126 Å². The van der Waals surface area contributed by atoms with Crippen molar-refractivity contribution in [2.24, 2.45) is 14.9 Å². The smallest absolute Gasteiger partial charge is 0.594 e. The number of rotatable bonds is 8. The fourth-order valence-electron chi connectivity index (χ4n) is 8.54. The minimum atomic E-state index is -6.41. The summed E-state index contributed by atoms with van der Waals surface area (Å²) in [4.78, 5) is 0. The van der Waals surface area contributed by atoms with Crippen LogP contribution in [-0.2, 0) is 16.5 Å². The Morgan fingerprint density at radius 2 is 0.691 bits per heavy atom. The summed E-state index contributed by atoms with van der Waals surface area (Å²) in [6, 6.07) is 0. The molecule has 382 valence electrons. The van der Waals surface area contributed by atoms with Crippen LogP contribution >= 0.6 is 16.1 Å². The van der Waals surface area contributed by atoms with Crippen LogP contribution in [0.4, 0.5) is 65.9 Å². The van der Waals surface area contributed by atoms with Crippen molar-refractivity contribution in [3.8, 4) is 0 Å². The molecule has 4 rings (SSSR count). The van der Waals surface area contributed by atoms with Crippen LogP contribution < -0.4 is 16.4 Å². The molecule has 0 amide bonds. The van der Waals surface area contributed by atoms with Crippen LogP contribution in [-0.4, -0.2) is 43.7 Å². The molecule has 0 spiro atoms. The molecule has 0 fully saturated rings. The van der Waals surface area contributed by atoms with Gasteiger partial charge in [-0.2, -0.15) is 0 Å². The molecule has 3 aromatic carbocycles. The van der Waals surface area contributed by atoms with Gasteiger partial charge in [0.05, 0.1) is 36.8 Å². The first-order chi connectivity index (χ1) is 30.3. The molecule has 0 saturated carbocycles. The molecule has 0 radical (unpaired) electrons. The fourth-order valence-corrected chi connectivity index (χ4v) is 15.3. The van der Waals surface area contributed by atoms with E-state index in [0.717, 1.165) is 30.9 Å². The van der Waals surface area contributed by atoms with Gasteiger partial charge in [0.25, 0.3) is 0 Å². The van der Waals surface area contributed by atoms with Crippen molar-refractivity contribution in [2.75, 3.05) is 0 Å². The van der Waals surface area contributed by atoms with E-state index in [1.165, 1.54) is 5.57 Å². The van der Waals surface area contributed by atoms with Gasteiger partial charge in [-0.05, 0) is 108 Å². The van der Waals surface area contributed by atoms with E-state index in [9.17, 15) is 70.9 Å². The second-order valence-electron chi connectivity index (χ2n) is 20.3. The Bertz CT molecular complexity index is 2230. The molecule has 0 unspecified atom stereocenters. The third-order valence-corrected chi connectivity index (χ3v) is 17.9. The zero-order chi connectivity index (χ0) is 52.2. The maximum Gasteiger partial charge on any atom is 2.00 e. The van der Waals surface area contributed by atoms with Crippen LogP contribution in [0.5, 0.6) is 0 Å². The zero-order valence-electron chi connectivity index (χ0n) is 40.1. The molecule has 0 saturated heterocycles. The SMILES string of the molecule is CCC1=CC(CC)(CC)/C(=N/[PH+](C(C)(C)C)C(C)(C)C)[N-]/C1=N\[PH+](C(C)(C)C)C(C)(C)C.O[B-](c1c(F)c(F)c(F)c(F)c1F)(c1c(F)c(F)c(F)c(F)c1F)c1c(F)c(F)c(F)c(F)c1F.[Ni+2]. The van der Waals surface area contributed by atoms with Crippen LogP contribution in [0.3, 0.4) is 0 Å². The standard InChI is InChI=1S/C27H52N3P2.C18HBF15O.Ni/c1-16-20-19-27(17-2,18-3)22(30-32(25(10,11)12)26(13,14)15)28-21(20)29-31(23(4,5)6)24(7,8)9;20-4-1(5(21)11(27)16(32)10(4)26)19(35,2-6(22)12(28)17(33)13(29)7(2)23)3-8(24)14(30)18(34)15(31)9(3)25;/h19H,16-18H2,1-15H3;35H;/q2*-1;+2/p+2. The minimum Gasteiger partial charge on any atom is -0.594 e. The van der Waals surface area contributed by atoms with Crippen LogP contribution in [0.2, 0.25) is 0 Å². The maximum absolute atomic E-state index is 14.5. The molecule has 4 nitrogen and oxygen atoms in total. The van der Waals surface area contributed by atoms with E-state index in [-0.39, 0.29) is 42.5 Å². The number of hydrogen-bond acceptors (Lipinski definition) is 3. The number of hydrogen-bond donors (Lipinski definition) is 1. The number of amidine groups is 2. The number of benzene rings is 3. The summed E-state index contributed by atoms with van der Waals surface area (Å²) in [6.07, 6.45) is -0.890. The Hall–Kier alpha value is -3.13. The number of nitrogens with zero attached hydrogens (tertiary/aromatic N) is 3. The predicted octanol–water partition coefficient (Wildman–Crippen LogP) is 13.5. The summed E-state index contributed by atoms with van der Waals surface area (Å²) in [7, 11) is -2.15. The molecule has 1 heterocycles. The van der Waals surface area contributed by atoms with Gasteiger partial charge in [-0.3, -0.25) is 0 Å². The fraction of sp³-hybridized carbons (Fsp3) is 0.511. The minimum absolute atomic E-state index is 0. The third kappa shape index (κ3) is 11.3. The molecule has 23 heteroatoms. The van der Waals surface area contributed by atoms with Gasteiger partial charge in [0.15, 0.2) is 52.4 Å². The Morgan fingerprint density at radius 1 is 0.456 bits per heavy atom.